The van der Waals surface area contributed by atoms with E-state index in [0.29, 0.717) is 28.1 Å². The molecule has 0 radical (unpaired) electrons. The predicted molar refractivity (Wildman–Crippen MR) is 70.7 cm³/mol. The zero-order valence-corrected chi connectivity index (χ0v) is 10.8. The van der Waals surface area contributed by atoms with Crippen LogP contribution in [0.1, 0.15) is 12.8 Å². The highest BCUT2D eigenvalue weighted by Crippen LogP contribution is 2.25. The Balaban J connectivity index is 1.93. The molecule has 1 fully saturated rings. The topological polar surface area (TPSA) is 41.1 Å². The lowest BCUT2D eigenvalue weighted by atomic mass is 10.0. The van der Waals surface area contributed by atoms with Crippen molar-refractivity contribution in [3.63, 3.8) is 0 Å². The lowest BCUT2D eigenvalue weighted by Gasteiger charge is -2.10. The van der Waals surface area contributed by atoms with Gasteiger partial charge in [0.15, 0.2) is 0 Å². The molecule has 1 amide bonds. The third-order valence-corrected chi connectivity index (χ3v) is 3.39. The molecular weight excluding hydrogens is 259 g/mol. The first-order valence-corrected chi connectivity index (χ1v) is 6.36. The fourth-order valence-corrected chi connectivity index (χ4v) is 2.40. The van der Waals surface area contributed by atoms with Crippen molar-refractivity contribution in [3.8, 4) is 0 Å². The maximum absolute atomic E-state index is 11.8. The number of amides is 1. The Morgan fingerprint density at radius 3 is 2.94 bits per heavy atom. The molecule has 3 nitrogen and oxygen atoms in total. The molecule has 2 rings (SSSR count). The average molecular weight is 273 g/mol. The van der Waals surface area contributed by atoms with Crippen molar-refractivity contribution >= 4 is 34.8 Å². The fourth-order valence-electron chi connectivity index (χ4n) is 1.94. The SMILES string of the molecule is O=C(CC1CCNC1)Nc1ccc(Cl)cc1Cl. The van der Waals surface area contributed by atoms with Crippen molar-refractivity contribution in [2.24, 2.45) is 5.92 Å². The van der Waals surface area contributed by atoms with Gasteiger partial charge < -0.3 is 10.6 Å². The molecule has 1 unspecified atom stereocenters. The summed E-state index contributed by atoms with van der Waals surface area (Å²) in [5.74, 6) is 0.434. The summed E-state index contributed by atoms with van der Waals surface area (Å²) < 4.78 is 0. The fraction of sp³-hybridized carbons (Fsp3) is 0.417. The first kappa shape index (κ1) is 12.7. The quantitative estimate of drug-likeness (QED) is 0.889. The highest BCUT2D eigenvalue weighted by Gasteiger charge is 2.18. The van der Waals surface area contributed by atoms with Crippen LogP contribution in [0.3, 0.4) is 0 Å². The largest absolute Gasteiger partial charge is 0.325 e. The smallest absolute Gasteiger partial charge is 0.224 e. The zero-order valence-electron chi connectivity index (χ0n) is 9.30. The number of benzene rings is 1. The summed E-state index contributed by atoms with van der Waals surface area (Å²) in [5.41, 5.74) is 0.618. The van der Waals surface area contributed by atoms with Gasteiger partial charge in [0.1, 0.15) is 0 Å². The van der Waals surface area contributed by atoms with Crippen LogP contribution in [0.15, 0.2) is 18.2 Å². The van der Waals surface area contributed by atoms with Crippen LogP contribution in [0, 0.1) is 5.92 Å². The van der Waals surface area contributed by atoms with Crippen LogP contribution < -0.4 is 10.6 Å². The van der Waals surface area contributed by atoms with Crippen LogP contribution in [0.25, 0.3) is 0 Å². The molecule has 1 aromatic carbocycles. The molecule has 17 heavy (non-hydrogen) atoms. The van der Waals surface area contributed by atoms with Crippen LogP contribution in [0.5, 0.6) is 0 Å². The summed E-state index contributed by atoms with van der Waals surface area (Å²) in [6.07, 6.45) is 1.59. The Labute approximate surface area is 110 Å². The summed E-state index contributed by atoms with van der Waals surface area (Å²) in [7, 11) is 0. The van der Waals surface area contributed by atoms with Crippen molar-refractivity contribution in [2.75, 3.05) is 18.4 Å². The highest BCUT2D eigenvalue weighted by molar-refractivity contribution is 6.36. The Kier molecular flexibility index (Phi) is 4.26. The molecule has 0 aliphatic carbocycles. The second kappa shape index (κ2) is 5.71. The van der Waals surface area contributed by atoms with Gasteiger partial charge in [-0.3, -0.25) is 4.79 Å². The molecule has 1 aromatic rings. The molecule has 1 heterocycles. The third kappa shape index (κ3) is 3.60. The van der Waals surface area contributed by atoms with Gasteiger partial charge in [-0.05, 0) is 43.6 Å². The number of nitrogens with one attached hydrogen (secondary N) is 2. The number of carbonyl (C=O) groups is 1. The molecular formula is C12H14Cl2N2O. The average Bonchev–Trinajstić information content (AvgIpc) is 2.75. The Bertz CT molecular complexity index is 417. The van der Waals surface area contributed by atoms with E-state index in [1.165, 1.54) is 0 Å². The van der Waals surface area contributed by atoms with E-state index in [2.05, 4.69) is 10.6 Å². The first-order chi connectivity index (χ1) is 8.15. The van der Waals surface area contributed by atoms with E-state index in [9.17, 15) is 4.79 Å². The summed E-state index contributed by atoms with van der Waals surface area (Å²) in [6, 6.07) is 5.05. The molecule has 1 aliphatic heterocycles. The predicted octanol–water partition coefficient (Wildman–Crippen LogP) is 2.93. The highest BCUT2D eigenvalue weighted by atomic mass is 35.5. The lowest BCUT2D eigenvalue weighted by molar-refractivity contribution is -0.116. The van der Waals surface area contributed by atoms with Crippen molar-refractivity contribution in [1.82, 2.24) is 5.32 Å². The van der Waals surface area contributed by atoms with E-state index in [0.717, 1.165) is 19.5 Å². The van der Waals surface area contributed by atoms with Crippen LogP contribution >= 0.6 is 23.2 Å². The van der Waals surface area contributed by atoms with Gasteiger partial charge in [-0.1, -0.05) is 23.2 Å². The van der Waals surface area contributed by atoms with Crippen LogP contribution in [-0.2, 0) is 4.79 Å². The Morgan fingerprint density at radius 2 is 2.29 bits per heavy atom. The molecule has 0 spiro atoms. The molecule has 1 atom stereocenters. The van der Waals surface area contributed by atoms with E-state index < -0.39 is 0 Å². The molecule has 5 heteroatoms. The minimum absolute atomic E-state index is 0.00271. The minimum atomic E-state index is 0.00271. The Morgan fingerprint density at radius 1 is 1.47 bits per heavy atom. The van der Waals surface area contributed by atoms with Gasteiger partial charge in [-0.15, -0.1) is 0 Å². The number of halogens is 2. The van der Waals surface area contributed by atoms with Crippen molar-refractivity contribution in [2.45, 2.75) is 12.8 Å². The van der Waals surface area contributed by atoms with Crippen molar-refractivity contribution in [1.29, 1.82) is 0 Å². The van der Waals surface area contributed by atoms with Crippen LogP contribution in [0.2, 0.25) is 10.0 Å². The third-order valence-electron chi connectivity index (χ3n) is 2.84. The van der Waals surface area contributed by atoms with E-state index in [4.69, 9.17) is 23.2 Å². The summed E-state index contributed by atoms with van der Waals surface area (Å²) in [6.45, 7) is 1.92. The number of hydrogen-bond acceptors (Lipinski definition) is 2. The van der Waals surface area contributed by atoms with Gasteiger partial charge >= 0.3 is 0 Å². The lowest BCUT2D eigenvalue weighted by Crippen LogP contribution is -2.18. The van der Waals surface area contributed by atoms with Crippen molar-refractivity contribution < 1.29 is 4.79 Å². The molecule has 1 aliphatic rings. The van der Waals surface area contributed by atoms with Gasteiger partial charge in [-0.25, -0.2) is 0 Å². The monoisotopic (exact) mass is 272 g/mol. The molecule has 92 valence electrons. The number of carbonyl (C=O) groups excluding carboxylic acids is 1. The second-order valence-electron chi connectivity index (χ2n) is 4.24. The standard InChI is InChI=1S/C12H14Cl2N2O/c13-9-1-2-11(10(14)6-9)16-12(17)5-8-3-4-15-7-8/h1-2,6,8,15H,3-5,7H2,(H,16,17). The normalized spacial score (nSPS) is 19.3. The van der Waals surface area contributed by atoms with Gasteiger partial charge in [0.25, 0.3) is 0 Å². The molecule has 1 saturated heterocycles. The summed E-state index contributed by atoms with van der Waals surface area (Å²) in [4.78, 5) is 11.8. The molecule has 0 bridgehead atoms. The van der Waals surface area contributed by atoms with E-state index in [1.807, 2.05) is 0 Å². The second-order valence-corrected chi connectivity index (χ2v) is 5.08. The minimum Gasteiger partial charge on any atom is -0.325 e. The zero-order chi connectivity index (χ0) is 12.3. The molecule has 0 aromatic heterocycles. The van der Waals surface area contributed by atoms with Crippen molar-refractivity contribution in [3.05, 3.63) is 28.2 Å². The maximum atomic E-state index is 11.8. The maximum Gasteiger partial charge on any atom is 0.224 e. The number of hydrogen-bond donors (Lipinski definition) is 2. The van der Waals surface area contributed by atoms with Gasteiger partial charge in [0.05, 0.1) is 10.7 Å². The first-order valence-electron chi connectivity index (χ1n) is 5.61. The molecule has 0 saturated carbocycles. The molecule has 2 N–H and O–H groups in total. The van der Waals surface area contributed by atoms with E-state index >= 15 is 0 Å². The number of rotatable bonds is 3. The van der Waals surface area contributed by atoms with Gasteiger partial charge in [-0.2, -0.15) is 0 Å². The summed E-state index contributed by atoms with van der Waals surface area (Å²) in [5, 5.41) is 7.07. The van der Waals surface area contributed by atoms with Gasteiger partial charge in [0, 0.05) is 11.4 Å². The number of anilines is 1. The Hall–Kier alpha value is -0.770. The summed E-state index contributed by atoms with van der Waals surface area (Å²) >= 11 is 11.8. The van der Waals surface area contributed by atoms with E-state index in [-0.39, 0.29) is 5.91 Å². The van der Waals surface area contributed by atoms with Crippen LogP contribution in [0.4, 0.5) is 5.69 Å². The van der Waals surface area contributed by atoms with Gasteiger partial charge in [0.2, 0.25) is 5.91 Å². The van der Waals surface area contributed by atoms with E-state index in [1.54, 1.807) is 18.2 Å². The van der Waals surface area contributed by atoms with Crippen LogP contribution in [-0.4, -0.2) is 19.0 Å².